The van der Waals surface area contributed by atoms with Gasteiger partial charge in [0.1, 0.15) is 27.6 Å². The second kappa shape index (κ2) is 9.02. The van der Waals surface area contributed by atoms with E-state index in [1.165, 1.54) is 18.4 Å². The van der Waals surface area contributed by atoms with Crippen LogP contribution in [0, 0.1) is 6.92 Å². The Morgan fingerprint density at radius 1 is 1.13 bits per heavy atom. The third-order valence-corrected chi connectivity index (χ3v) is 7.18. The van der Waals surface area contributed by atoms with Gasteiger partial charge in [-0.15, -0.1) is 0 Å². The molecule has 0 fully saturated rings. The maximum Gasteiger partial charge on any atom is 0.213 e. The summed E-state index contributed by atoms with van der Waals surface area (Å²) in [6.45, 7) is 9.75. The number of hydrogen-bond acceptors (Lipinski definition) is 5. The fraction of sp³-hybridized carbons (Fsp3) is 0.280. The third kappa shape index (κ3) is 4.39. The van der Waals surface area contributed by atoms with Crippen LogP contribution in [0.3, 0.4) is 0 Å². The molecule has 1 heterocycles. The summed E-state index contributed by atoms with van der Waals surface area (Å²) in [6.07, 6.45) is 5.45. The lowest BCUT2D eigenvalue weighted by Gasteiger charge is -2.19. The zero-order chi connectivity index (χ0) is 22.8. The van der Waals surface area contributed by atoms with Crippen molar-refractivity contribution in [2.24, 2.45) is 0 Å². The zero-order valence-electron chi connectivity index (χ0n) is 18.1. The van der Waals surface area contributed by atoms with Crippen molar-refractivity contribution in [2.75, 3.05) is 0 Å². The van der Waals surface area contributed by atoms with Gasteiger partial charge in [0.15, 0.2) is 0 Å². The second-order valence-electron chi connectivity index (χ2n) is 7.86. The molecule has 0 saturated heterocycles. The maximum absolute atomic E-state index is 13.4. The predicted octanol–water partition coefficient (Wildman–Crippen LogP) is 6.26. The highest BCUT2D eigenvalue weighted by Gasteiger charge is 2.30. The smallest absolute Gasteiger partial charge is 0.213 e. The molecule has 6 heteroatoms. The molecule has 0 aliphatic heterocycles. The van der Waals surface area contributed by atoms with Crippen molar-refractivity contribution in [3.63, 3.8) is 0 Å². The molecule has 2 N–H and O–H groups in total. The Morgan fingerprint density at radius 2 is 1.87 bits per heavy atom. The van der Waals surface area contributed by atoms with E-state index < -0.39 is 15.6 Å². The topological polar surface area (TPSA) is 87.7 Å². The number of phenols is 2. The number of unbranched alkanes of at least 4 members (excludes halogenated alkanes) is 2. The Balaban J connectivity index is 2.34. The number of hydrogen-bond donors (Lipinski definition) is 2. The summed E-state index contributed by atoms with van der Waals surface area (Å²) < 4.78 is 31.8. The van der Waals surface area contributed by atoms with E-state index in [2.05, 4.69) is 13.5 Å². The lowest BCUT2D eigenvalue weighted by molar-refractivity contribution is 0.440. The predicted molar refractivity (Wildman–Crippen MR) is 122 cm³/mol. The Hall–Kier alpha value is -2.99. The minimum Gasteiger partial charge on any atom is -0.507 e. The van der Waals surface area contributed by atoms with Crippen LogP contribution in [0.4, 0.5) is 0 Å². The average Bonchev–Trinajstić information content (AvgIpc) is 3.23. The van der Waals surface area contributed by atoms with Crippen molar-refractivity contribution in [2.45, 2.75) is 56.2 Å². The largest absolute Gasteiger partial charge is 0.507 e. The van der Waals surface area contributed by atoms with Gasteiger partial charge in [-0.05, 0) is 55.5 Å². The molecule has 0 unspecified atom stereocenters. The molecule has 0 radical (unpaired) electrons. The van der Waals surface area contributed by atoms with Crippen molar-refractivity contribution >= 4 is 15.4 Å². The number of sulfone groups is 1. The number of furan rings is 1. The molecule has 3 aromatic rings. The summed E-state index contributed by atoms with van der Waals surface area (Å²) in [5, 5.41) is 22.2. The minimum absolute atomic E-state index is 0.0412. The molecular formula is C25H28O5S. The van der Waals surface area contributed by atoms with Crippen LogP contribution in [0.15, 0.2) is 63.6 Å². The number of allylic oxidation sites excluding steroid dienone is 1. The summed E-state index contributed by atoms with van der Waals surface area (Å²) in [5.74, 6) is -0.621. The van der Waals surface area contributed by atoms with Crippen molar-refractivity contribution < 1.29 is 23.0 Å². The van der Waals surface area contributed by atoms with Gasteiger partial charge >= 0.3 is 0 Å². The molecule has 3 rings (SSSR count). The van der Waals surface area contributed by atoms with Crippen molar-refractivity contribution in [1.29, 1.82) is 0 Å². The molecule has 0 atom stereocenters. The van der Waals surface area contributed by atoms with Gasteiger partial charge in [0.2, 0.25) is 9.84 Å². The van der Waals surface area contributed by atoms with Gasteiger partial charge in [-0.25, -0.2) is 8.42 Å². The quantitative estimate of drug-likeness (QED) is 0.403. The summed E-state index contributed by atoms with van der Waals surface area (Å²) >= 11 is 0. The van der Waals surface area contributed by atoms with Crippen molar-refractivity contribution in [3.05, 3.63) is 66.1 Å². The van der Waals surface area contributed by atoms with E-state index in [-0.39, 0.29) is 21.1 Å². The highest BCUT2D eigenvalue weighted by molar-refractivity contribution is 7.91. The van der Waals surface area contributed by atoms with E-state index in [1.54, 1.807) is 0 Å². The summed E-state index contributed by atoms with van der Waals surface area (Å²) in [7, 11) is -4.06. The van der Waals surface area contributed by atoms with E-state index in [1.807, 2.05) is 32.0 Å². The Kier molecular flexibility index (Phi) is 6.60. The van der Waals surface area contributed by atoms with Crippen LogP contribution in [0.25, 0.3) is 16.7 Å². The first-order valence-electron chi connectivity index (χ1n) is 10.3. The first kappa shape index (κ1) is 22.7. The van der Waals surface area contributed by atoms with E-state index >= 15 is 0 Å². The molecule has 0 saturated carbocycles. The Bertz CT molecular complexity index is 1210. The monoisotopic (exact) mass is 440 g/mol. The normalized spacial score (nSPS) is 11.6. The number of phenolic OH excluding ortho intramolecular Hbond substituents is 2. The molecule has 0 spiro atoms. The standard InChI is InChI=1S/C25H28O5S/c1-5-6-7-8-18-14-22(26)23(21-13-17(4)9-10-20(21)16(2)3)24(27)25(18)31(28,29)19-11-12-30-15-19/h9-15,26-27H,2,5-8H2,1,3-4H3. The highest BCUT2D eigenvalue weighted by Crippen LogP contribution is 2.47. The van der Waals surface area contributed by atoms with Crippen LogP contribution >= 0.6 is 0 Å². The fourth-order valence-corrected chi connectivity index (χ4v) is 5.28. The van der Waals surface area contributed by atoms with E-state index in [9.17, 15) is 18.6 Å². The van der Waals surface area contributed by atoms with Gasteiger partial charge in [0.05, 0.1) is 11.8 Å². The molecule has 2 aromatic carbocycles. The summed E-state index contributed by atoms with van der Waals surface area (Å²) in [5.41, 5.74) is 3.37. The molecule has 31 heavy (non-hydrogen) atoms. The van der Waals surface area contributed by atoms with Gasteiger partial charge < -0.3 is 14.6 Å². The molecule has 0 aliphatic carbocycles. The molecule has 0 amide bonds. The average molecular weight is 441 g/mol. The van der Waals surface area contributed by atoms with Gasteiger partial charge in [-0.2, -0.15) is 0 Å². The van der Waals surface area contributed by atoms with Crippen LogP contribution < -0.4 is 0 Å². The summed E-state index contributed by atoms with van der Waals surface area (Å²) in [4.78, 5) is -0.229. The Labute approximate surface area is 183 Å². The van der Waals surface area contributed by atoms with Gasteiger partial charge in [-0.1, -0.05) is 55.7 Å². The van der Waals surface area contributed by atoms with Gasteiger partial charge in [-0.3, -0.25) is 0 Å². The van der Waals surface area contributed by atoms with E-state index in [0.717, 1.165) is 42.2 Å². The lowest BCUT2D eigenvalue weighted by atomic mass is 9.91. The molecule has 1 aromatic heterocycles. The Morgan fingerprint density at radius 3 is 2.48 bits per heavy atom. The maximum atomic E-state index is 13.4. The molecule has 0 bridgehead atoms. The zero-order valence-corrected chi connectivity index (χ0v) is 18.9. The molecule has 164 valence electrons. The number of benzene rings is 2. The number of aryl methyl sites for hydroxylation is 2. The van der Waals surface area contributed by atoms with E-state index in [0.29, 0.717) is 17.5 Å². The first-order chi connectivity index (χ1) is 14.7. The number of rotatable bonds is 8. The molecule has 5 nitrogen and oxygen atoms in total. The van der Waals surface area contributed by atoms with Gasteiger partial charge in [0.25, 0.3) is 0 Å². The first-order valence-corrected chi connectivity index (χ1v) is 11.8. The number of aromatic hydroxyl groups is 2. The molecular weight excluding hydrogens is 412 g/mol. The van der Waals surface area contributed by atoms with Crippen LogP contribution in [0.2, 0.25) is 0 Å². The van der Waals surface area contributed by atoms with Gasteiger partial charge in [0, 0.05) is 0 Å². The summed E-state index contributed by atoms with van der Waals surface area (Å²) in [6, 6.07) is 8.38. The lowest BCUT2D eigenvalue weighted by Crippen LogP contribution is -2.07. The van der Waals surface area contributed by atoms with E-state index in [4.69, 9.17) is 4.42 Å². The SMILES string of the molecule is C=C(C)c1ccc(C)cc1-c1c(O)cc(CCCCC)c(S(=O)(=O)c2ccoc2)c1O. The molecule has 0 aliphatic rings. The highest BCUT2D eigenvalue weighted by atomic mass is 32.2. The minimum atomic E-state index is -4.06. The van der Waals surface area contributed by atoms with Crippen LogP contribution in [0.1, 0.15) is 49.8 Å². The van der Waals surface area contributed by atoms with Crippen molar-refractivity contribution in [1.82, 2.24) is 0 Å². The van der Waals surface area contributed by atoms with Crippen molar-refractivity contribution in [3.8, 4) is 22.6 Å². The van der Waals surface area contributed by atoms with Crippen LogP contribution in [-0.2, 0) is 16.3 Å². The third-order valence-electron chi connectivity index (χ3n) is 5.34. The van der Waals surface area contributed by atoms with Crippen LogP contribution in [0.5, 0.6) is 11.5 Å². The second-order valence-corrected chi connectivity index (χ2v) is 9.74. The van der Waals surface area contributed by atoms with Crippen LogP contribution in [-0.4, -0.2) is 18.6 Å². The fourth-order valence-electron chi connectivity index (χ4n) is 3.77.